The molecule has 0 saturated carbocycles. The second-order valence-corrected chi connectivity index (χ2v) is 10.5. The van der Waals surface area contributed by atoms with Crippen LogP contribution < -0.4 is 5.01 Å². The highest BCUT2D eigenvalue weighted by Crippen LogP contribution is 2.38. The van der Waals surface area contributed by atoms with Gasteiger partial charge in [-0.05, 0) is 48.4 Å². The van der Waals surface area contributed by atoms with Gasteiger partial charge < -0.3 is 0 Å². The summed E-state index contributed by atoms with van der Waals surface area (Å²) in [6.45, 7) is 2.03. The minimum atomic E-state index is -0.305. The van der Waals surface area contributed by atoms with E-state index in [1.807, 2.05) is 67.6 Å². The predicted molar refractivity (Wildman–Crippen MR) is 140 cm³/mol. The third kappa shape index (κ3) is 4.09. The number of benzene rings is 3. The molecule has 2 aromatic heterocycles. The number of amides is 1. The topological polar surface area (TPSA) is 45.6 Å². The Balaban J connectivity index is 1.61. The first kappa shape index (κ1) is 21.3. The van der Waals surface area contributed by atoms with E-state index in [4.69, 9.17) is 11.6 Å². The molecule has 0 atom stereocenters. The van der Waals surface area contributed by atoms with Gasteiger partial charge in [-0.25, -0.2) is 4.98 Å². The van der Waals surface area contributed by atoms with Crippen molar-refractivity contribution in [3.05, 3.63) is 92.2 Å². The zero-order chi connectivity index (χ0) is 22.2. The van der Waals surface area contributed by atoms with E-state index in [1.165, 1.54) is 27.7 Å². The number of carbonyl (C=O) groups is 1. The van der Waals surface area contributed by atoms with E-state index in [0.717, 1.165) is 35.9 Å². The van der Waals surface area contributed by atoms with Crippen molar-refractivity contribution in [1.82, 2.24) is 4.98 Å². The van der Waals surface area contributed by atoms with Crippen molar-refractivity contribution in [3.63, 3.8) is 0 Å². The molecule has 32 heavy (non-hydrogen) atoms. The van der Waals surface area contributed by atoms with E-state index in [2.05, 4.69) is 32.1 Å². The van der Waals surface area contributed by atoms with Crippen LogP contribution in [0.4, 0.5) is 5.13 Å². The van der Waals surface area contributed by atoms with Crippen molar-refractivity contribution in [2.45, 2.75) is 6.92 Å². The van der Waals surface area contributed by atoms with Crippen LogP contribution in [0.15, 0.2) is 76.3 Å². The quantitative estimate of drug-likeness (QED) is 0.172. The zero-order valence-corrected chi connectivity index (χ0v) is 20.7. The van der Waals surface area contributed by atoms with Gasteiger partial charge in [0, 0.05) is 14.6 Å². The monoisotopic (exact) mass is 539 g/mol. The van der Waals surface area contributed by atoms with Crippen molar-refractivity contribution in [3.8, 4) is 0 Å². The van der Waals surface area contributed by atoms with Gasteiger partial charge >= 0.3 is 0 Å². The Morgan fingerprint density at radius 1 is 1.06 bits per heavy atom. The number of nitrogens with zero attached hydrogens (tertiary/aromatic N) is 3. The first-order valence-corrected chi connectivity index (χ1v) is 12.5. The van der Waals surface area contributed by atoms with Crippen LogP contribution in [0.1, 0.15) is 20.8 Å². The molecule has 0 aliphatic heterocycles. The minimum Gasteiger partial charge on any atom is -0.266 e. The summed E-state index contributed by atoms with van der Waals surface area (Å²) < 4.78 is 2.93. The standard InChI is InChI=1S/C24H15BrClN3OS2/c1-14-6-11-18-20(12-14)32-24(28-18)29(27-13-15-7-9-16(25)10-8-15)23(30)22-21(26)17-4-2-3-5-19(17)31-22/h2-13H,1H3/b27-13+. The summed E-state index contributed by atoms with van der Waals surface area (Å²) >= 11 is 12.8. The predicted octanol–water partition coefficient (Wildman–Crippen LogP) is 7.92. The smallest absolute Gasteiger partial charge is 0.266 e. The number of halogens is 2. The van der Waals surface area contributed by atoms with E-state index in [0.29, 0.717) is 15.0 Å². The van der Waals surface area contributed by atoms with Crippen LogP contribution in [-0.2, 0) is 0 Å². The zero-order valence-electron chi connectivity index (χ0n) is 16.8. The molecule has 1 amide bonds. The van der Waals surface area contributed by atoms with Gasteiger partial charge in [-0.3, -0.25) is 4.79 Å². The lowest BCUT2D eigenvalue weighted by Gasteiger charge is -2.13. The van der Waals surface area contributed by atoms with Crippen LogP contribution in [0.5, 0.6) is 0 Å². The van der Waals surface area contributed by atoms with Crippen LogP contribution in [0, 0.1) is 6.92 Å². The van der Waals surface area contributed by atoms with Crippen LogP contribution in [0.3, 0.4) is 0 Å². The molecule has 0 aliphatic rings. The molecule has 0 radical (unpaired) electrons. The Bertz CT molecular complexity index is 1490. The van der Waals surface area contributed by atoms with Crippen molar-refractivity contribution in [1.29, 1.82) is 0 Å². The van der Waals surface area contributed by atoms with Gasteiger partial charge in [0.25, 0.3) is 5.91 Å². The maximum absolute atomic E-state index is 13.7. The fourth-order valence-corrected chi connectivity index (χ4v) is 5.94. The molecule has 2 heterocycles. The summed E-state index contributed by atoms with van der Waals surface area (Å²) in [6, 6.07) is 21.4. The summed E-state index contributed by atoms with van der Waals surface area (Å²) in [7, 11) is 0. The molecule has 0 saturated heterocycles. The molecule has 0 bridgehead atoms. The molecule has 8 heteroatoms. The lowest BCUT2D eigenvalue weighted by Crippen LogP contribution is -2.25. The van der Waals surface area contributed by atoms with E-state index >= 15 is 0 Å². The van der Waals surface area contributed by atoms with Gasteiger partial charge in [-0.1, -0.05) is 75.3 Å². The molecule has 158 valence electrons. The number of thiazole rings is 1. The molecule has 0 N–H and O–H groups in total. The van der Waals surface area contributed by atoms with Crippen LogP contribution in [0.25, 0.3) is 20.3 Å². The Morgan fingerprint density at radius 2 is 1.84 bits per heavy atom. The summed E-state index contributed by atoms with van der Waals surface area (Å²) in [5.41, 5.74) is 2.83. The normalized spacial score (nSPS) is 11.6. The number of rotatable bonds is 4. The van der Waals surface area contributed by atoms with Crippen molar-refractivity contribution >= 4 is 87.8 Å². The number of carbonyl (C=O) groups excluding carboxylic acids is 1. The van der Waals surface area contributed by atoms with Gasteiger partial charge in [0.15, 0.2) is 0 Å². The van der Waals surface area contributed by atoms with Crippen LogP contribution >= 0.6 is 50.2 Å². The number of thiophene rings is 1. The number of anilines is 1. The number of hydrogen-bond donors (Lipinski definition) is 0. The van der Waals surface area contributed by atoms with E-state index in [1.54, 1.807) is 6.21 Å². The third-order valence-electron chi connectivity index (χ3n) is 4.83. The lowest BCUT2D eigenvalue weighted by molar-refractivity contribution is 0.0992. The maximum Gasteiger partial charge on any atom is 0.292 e. The molecule has 3 aromatic carbocycles. The molecule has 0 spiro atoms. The average molecular weight is 541 g/mol. The maximum atomic E-state index is 13.7. The number of aromatic nitrogens is 1. The highest BCUT2D eigenvalue weighted by Gasteiger charge is 2.26. The second kappa shape index (κ2) is 8.75. The van der Waals surface area contributed by atoms with Gasteiger partial charge in [0.2, 0.25) is 5.13 Å². The highest BCUT2D eigenvalue weighted by molar-refractivity contribution is 9.10. The minimum absolute atomic E-state index is 0.305. The van der Waals surface area contributed by atoms with Crippen molar-refractivity contribution in [2.24, 2.45) is 5.10 Å². The largest absolute Gasteiger partial charge is 0.292 e. The summed E-state index contributed by atoms with van der Waals surface area (Å²) in [5, 5.41) is 7.68. The number of fused-ring (bicyclic) bond motifs is 2. The summed E-state index contributed by atoms with van der Waals surface area (Å²) in [4.78, 5) is 18.8. The average Bonchev–Trinajstić information content (AvgIpc) is 3.36. The van der Waals surface area contributed by atoms with Crippen molar-refractivity contribution in [2.75, 3.05) is 5.01 Å². The van der Waals surface area contributed by atoms with Crippen molar-refractivity contribution < 1.29 is 4.79 Å². The van der Waals surface area contributed by atoms with Gasteiger partial charge in [0.05, 0.1) is 21.5 Å². The number of hydrogen-bond acceptors (Lipinski definition) is 5. The first-order valence-electron chi connectivity index (χ1n) is 9.68. The number of hydrazone groups is 1. The van der Waals surface area contributed by atoms with Gasteiger partial charge in [0.1, 0.15) is 4.88 Å². The van der Waals surface area contributed by atoms with E-state index < -0.39 is 0 Å². The summed E-state index contributed by atoms with van der Waals surface area (Å²) in [6.07, 6.45) is 1.66. The molecule has 5 rings (SSSR count). The molecular weight excluding hydrogens is 526 g/mol. The van der Waals surface area contributed by atoms with E-state index in [-0.39, 0.29) is 5.91 Å². The van der Waals surface area contributed by atoms with Crippen LogP contribution in [0.2, 0.25) is 5.02 Å². The molecule has 0 aliphatic carbocycles. The van der Waals surface area contributed by atoms with Crippen LogP contribution in [-0.4, -0.2) is 17.1 Å². The summed E-state index contributed by atoms with van der Waals surface area (Å²) in [5.74, 6) is -0.305. The number of aryl methyl sites for hydroxylation is 1. The molecular formula is C24H15BrClN3OS2. The SMILES string of the molecule is Cc1ccc2nc(N(/N=C/c3ccc(Br)cc3)C(=O)c3sc4ccccc4c3Cl)sc2c1. The Kier molecular flexibility index (Phi) is 5.82. The molecule has 0 fully saturated rings. The molecule has 4 nitrogen and oxygen atoms in total. The first-order chi connectivity index (χ1) is 15.5. The second-order valence-electron chi connectivity index (χ2n) is 7.12. The molecule has 5 aromatic rings. The molecule has 0 unspecified atom stereocenters. The Labute approximate surface area is 205 Å². The third-order valence-corrected chi connectivity index (χ3v) is 8.01. The fourth-order valence-electron chi connectivity index (χ4n) is 3.22. The fraction of sp³-hybridized carbons (Fsp3) is 0.0417. The Hall–Kier alpha value is -2.58. The van der Waals surface area contributed by atoms with E-state index in [9.17, 15) is 4.79 Å². The lowest BCUT2D eigenvalue weighted by atomic mass is 10.2. The van der Waals surface area contributed by atoms with Gasteiger partial charge in [-0.2, -0.15) is 10.1 Å². The van der Waals surface area contributed by atoms with Gasteiger partial charge in [-0.15, -0.1) is 11.3 Å². The Morgan fingerprint density at radius 3 is 2.62 bits per heavy atom. The highest BCUT2D eigenvalue weighted by atomic mass is 79.9.